The van der Waals surface area contributed by atoms with Crippen LogP contribution in [-0.2, 0) is 6.54 Å². The fraction of sp³-hybridized carbons (Fsp3) is 0.417. The van der Waals surface area contributed by atoms with Crippen LogP contribution in [0.25, 0.3) is 11.3 Å². The zero-order valence-electron chi connectivity index (χ0n) is 17.9. The number of ether oxygens (including phenoxy) is 1. The minimum atomic E-state index is 0.748. The molecule has 0 radical (unpaired) electrons. The molecule has 0 unspecified atom stereocenters. The van der Waals surface area contributed by atoms with E-state index in [-0.39, 0.29) is 0 Å². The van der Waals surface area contributed by atoms with Crippen LogP contribution in [0.2, 0.25) is 0 Å². The van der Waals surface area contributed by atoms with E-state index in [0.29, 0.717) is 0 Å². The Balaban J connectivity index is 1.81. The highest BCUT2D eigenvalue weighted by atomic mass is 16.5. The van der Waals surface area contributed by atoms with Gasteiger partial charge < -0.3 is 4.74 Å². The van der Waals surface area contributed by atoms with Crippen molar-refractivity contribution in [3.8, 4) is 17.0 Å². The van der Waals surface area contributed by atoms with Gasteiger partial charge in [-0.05, 0) is 77.6 Å². The molecule has 0 N–H and O–H groups in total. The average molecular weight is 380 g/mol. The number of rotatable bonds is 10. The van der Waals surface area contributed by atoms with Crippen LogP contribution in [0.5, 0.6) is 5.75 Å². The Morgan fingerprint density at radius 3 is 2.21 bits per heavy atom. The van der Waals surface area contributed by atoms with Gasteiger partial charge in [0.1, 0.15) is 11.4 Å². The largest absolute Gasteiger partial charge is 0.497 e. The Bertz CT molecular complexity index is 822. The van der Waals surface area contributed by atoms with E-state index in [9.17, 15) is 0 Å². The van der Waals surface area contributed by atoms with E-state index in [0.717, 1.165) is 49.2 Å². The standard InChI is InChI=1S/C24H33N3O/c1-19(2)8-6-9-20(3)10-7-11-21(4)16-17-27-18-24(25-26-27)22-12-14-23(28-5)15-13-22/h8,10,12-16,18H,6-7,9,11,17H2,1-5H3/b20-10+,21-16+. The fourth-order valence-electron chi connectivity index (χ4n) is 2.87. The van der Waals surface area contributed by atoms with Gasteiger partial charge in [0.25, 0.3) is 0 Å². The van der Waals surface area contributed by atoms with E-state index >= 15 is 0 Å². The highest BCUT2D eigenvalue weighted by Crippen LogP contribution is 2.20. The lowest BCUT2D eigenvalue weighted by Gasteiger charge is -2.02. The third kappa shape index (κ3) is 7.55. The van der Waals surface area contributed by atoms with Gasteiger partial charge in [-0.1, -0.05) is 40.2 Å². The quantitative estimate of drug-likeness (QED) is 0.450. The minimum absolute atomic E-state index is 0.748. The first-order chi connectivity index (χ1) is 13.5. The molecule has 150 valence electrons. The van der Waals surface area contributed by atoms with Crippen LogP contribution < -0.4 is 4.74 Å². The molecule has 0 spiro atoms. The van der Waals surface area contributed by atoms with Crippen LogP contribution in [-0.4, -0.2) is 22.1 Å². The van der Waals surface area contributed by atoms with Crippen molar-refractivity contribution in [3.05, 3.63) is 65.4 Å². The first-order valence-electron chi connectivity index (χ1n) is 9.97. The topological polar surface area (TPSA) is 39.9 Å². The van der Waals surface area contributed by atoms with Crippen LogP contribution in [0, 0.1) is 0 Å². The lowest BCUT2D eigenvalue weighted by atomic mass is 10.1. The van der Waals surface area contributed by atoms with E-state index < -0.39 is 0 Å². The van der Waals surface area contributed by atoms with Gasteiger partial charge in [0.15, 0.2) is 0 Å². The van der Waals surface area contributed by atoms with Crippen LogP contribution in [0.4, 0.5) is 0 Å². The summed E-state index contributed by atoms with van der Waals surface area (Å²) in [6.45, 7) is 9.48. The van der Waals surface area contributed by atoms with Crippen molar-refractivity contribution in [1.29, 1.82) is 0 Å². The van der Waals surface area contributed by atoms with Crippen LogP contribution in [0.15, 0.2) is 65.4 Å². The van der Waals surface area contributed by atoms with Crippen molar-refractivity contribution in [1.82, 2.24) is 15.0 Å². The second kappa shape index (κ2) is 11.3. The molecule has 0 amide bonds. The molecule has 0 aliphatic rings. The molecule has 4 nitrogen and oxygen atoms in total. The molecule has 4 heteroatoms. The van der Waals surface area contributed by atoms with Gasteiger partial charge >= 0.3 is 0 Å². The normalized spacial score (nSPS) is 12.2. The molecular weight excluding hydrogens is 346 g/mol. The molecule has 0 saturated carbocycles. The monoisotopic (exact) mass is 379 g/mol. The molecule has 0 aliphatic heterocycles. The zero-order valence-corrected chi connectivity index (χ0v) is 17.9. The van der Waals surface area contributed by atoms with Gasteiger partial charge in [0, 0.05) is 5.56 Å². The number of methoxy groups -OCH3 is 1. The summed E-state index contributed by atoms with van der Waals surface area (Å²) in [6.07, 6.45) is 13.4. The maximum absolute atomic E-state index is 5.20. The number of hydrogen-bond acceptors (Lipinski definition) is 3. The molecule has 2 rings (SSSR count). The maximum atomic E-state index is 5.20. The summed E-state index contributed by atoms with van der Waals surface area (Å²) in [6, 6.07) is 7.88. The maximum Gasteiger partial charge on any atom is 0.118 e. The number of allylic oxidation sites excluding steroid dienone is 6. The van der Waals surface area contributed by atoms with Crippen molar-refractivity contribution in [2.45, 2.75) is 59.9 Å². The Kier molecular flexibility index (Phi) is 8.73. The van der Waals surface area contributed by atoms with Crippen molar-refractivity contribution in [2.75, 3.05) is 7.11 Å². The van der Waals surface area contributed by atoms with Gasteiger partial charge in [0.05, 0.1) is 19.9 Å². The number of aromatic nitrogens is 3. The number of hydrogen-bond donors (Lipinski definition) is 0. The average Bonchev–Trinajstić information content (AvgIpc) is 3.15. The minimum Gasteiger partial charge on any atom is -0.497 e. The highest BCUT2D eigenvalue weighted by Gasteiger charge is 2.03. The van der Waals surface area contributed by atoms with E-state index in [4.69, 9.17) is 4.74 Å². The van der Waals surface area contributed by atoms with Gasteiger partial charge in [0.2, 0.25) is 0 Å². The van der Waals surface area contributed by atoms with Crippen molar-refractivity contribution >= 4 is 0 Å². The molecule has 0 aliphatic carbocycles. The van der Waals surface area contributed by atoms with Crippen molar-refractivity contribution in [3.63, 3.8) is 0 Å². The lowest BCUT2D eigenvalue weighted by molar-refractivity contribution is 0.415. The molecule has 0 bridgehead atoms. The van der Waals surface area contributed by atoms with Gasteiger partial charge in [-0.15, -0.1) is 5.10 Å². The summed E-state index contributed by atoms with van der Waals surface area (Å²) in [4.78, 5) is 0. The molecule has 28 heavy (non-hydrogen) atoms. The second-order valence-corrected chi connectivity index (χ2v) is 7.51. The van der Waals surface area contributed by atoms with Crippen LogP contribution in [0.1, 0.15) is 53.4 Å². The molecule has 0 atom stereocenters. The van der Waals surface area contributed by atoms with E-state index in [1.807, 2.05) is 35.1 Å². The smallest absolute Gasteiger partial charge is 0.118 e. The van der Waals surface area contributed by atoms with Gasteiger partial charge in [-0.25, -0.2) is 4.68 Å². The third-order valence-electron chi connectivity index (χ3n) is 4.67. The Morgan fingerprint density at radius 2 is 1.57 bits per heavy atom. The van der Waals surface area contributed by atoms with E-state index in [2.05, 4.69) is 56.2 Å². The predicted octanol–water partition coefficient (Wildman–Crippen LogP) is 6.37. The number of benzene rings is 1. The summed E-state index contributed by atoms with van der Waals surface area (Å²) in [5.41, 5.74) is 6.18. The summed E-state index contributed by atoms with van der Waals surface area (Å²) >= 11 is 0. The Morgan fingerprint density at radius 1 is 0.929 bits per heavy atom. The molecule has 0 saturated heterocycles. The molecule has 2 aromatic rings. The predicted molar refractivity (Wildman–Crippen MR) is 117 cm³/mol. The molecule has 0 fully saturated rings. The third-order valence-corrected chi connectivity index (χ3v) is 4.67. The molecule has 1 aromatic carbocycles. The summed E-state index contributed by atoms with van der Waals surface area (Å²) in [5.74, 6) is 0.843. The van der Waals surface area contributed by atoms with Crippen LogP contribution >= 0.6 is 0 Å². The summed E-state index contributed by atoms with van der Waals surface area (Å²) in [5, 5.41) is 8.51. The lowest BCUT2D eigenvalue weighted by Crippen LogP contribution is -1.96. The molecular formula is C24H33N3O. The summed E-state index contributed by atoms with van der Waals surface area (Å²) < 4.78 is 7.07. The Labute approximate surface area is 169 Å². The Hall–Kier alpha value is -2.62. The second-order valence-electron chi connectivity index (χ2n) is 7.51. The van der Waals surface area contributed by atoms with Crippen LogP contribution in [0.3, 0.4) is 0 Å². The first-order valence-corrected chi connectivity index (χ1v) is 9.97. The molecule has 1 heterocycles. The van der Waals surface area contributed by atoms with Crippen molar-refractivity contribution in [2.24, 2.45) is 0 Å². The van der Waals surface area contributed by atoms with Gasteiger partial charge in [-0.3, -0.25) is 0 Å². The highest BCUT2D eigenvalue weighted by molar-refractivity contribution is 5.58. The number of nitrogens with zero attached hydrogens (tertiary/aromatic N) is 3. The summed E-state index contributed by atoms with van der Waals surface area (Å²) in [7, 11) is 1.67. The molecule has 1 aromatic heterocycles. The first kappa shape index (κ1) is 21.7. The zero-order chi connectivity index (χ0) is 20.4. The van der Waals surface area contributed by atoms with Gasteiger partial charge in [-0.2, -0.15) is 0 Å². The van der Waals surface area contributed by atoms with E-state index in [1.54, 1.807) is 7.11 Å². The van der Waals surface area contributed by atoms with E-state index in [1.165, 1.54) is 16.7 Å². The van der Waals surface area contributed by atoms with Crippen molar-refractivity contribution < 1.29 is 4.74 Å². The fourth-order valence-corrected chi connectivity index (χ4v) is 2.87. The SMILES string of the molecule is COc1ccc(-c2cn(C/C=C(\C)CC/C=C(\C)CCC=C(C)C)nn2)cc1.